The number of thiol groups is 1. The van der Waals surface area contributed by atoms with Gasteiger partial charge in [-0.25, -0.2) is 9.67 Å². The Morgan fingerprint density at radius 2 is 1.57 bits per heavy atom. The number of hydrogen-bond acceptors (Lipinski definition) is 4. The fourth-order valence-electron chi connectivity index (χ4n) is 3.23. The van der Waals surface area contributed by atoms with Gasteiger partial charge in [-0.1, -0.05) is 42.5 Å². The molecule has 6 heteroatoms. The lowest BCUT2D eigenvalue weighted by Gasteiger charge is -2.09. The summed E-state index contributed by atoms with van der Waals surface area (Å²) in [6, 6.07) is 24.9. The number of phenolic OH excluding ortho intramolecular Hbond substituents is 1. The maximum Gasteiger partial charge on any atom is 0.180 e. The van der Waals surface area contributed by atoms with Crippen molar-refractivity contribution < 1.29 is 5.11 Å². The van der Waals surface area contributed by atoms with Gasteiger partial charge in [0.25, 0.3) is 0 Å². The maximum atomic E-state index is 10.1. The van der Waals surface area contributed by atoms with Crippen molar-refractivity contribution in [1.29, 1.82) is 0 Å². The number of aromatic hydroxyl groups is 1. The van der Waals surface area contributed by atoms with Crippen molar-refractivity contribution in [2.75, 3.05) is 0 Å². The first-order valence-corrected chi connectivity index (χ1v) is 10.00. The molecule has 0 spiro atoms. The molecule has 1 aromatic heterocycles. The number of rotatable bonds is 4. The third-order valence-corrected chi connectivity index (χ3v) is 5.30. The third kappa shape index (κ3) is 3.82. The second-order valence-corrected chi connectivity index (χ2v) is 7.33. The molecule has 0 bridgehead atoms. The summed E-state index contributed by atoms with van der Waals surface area (Å²) >= 11 is 4.56. The molecule has 0 fully saturated rings. The van der Waals surface area contributed by atoms with Crippen LogP contribution in [0.1, 0.15) is 11.3 Å². The Labute approximate surface area is 180 Å². The Morgan fingerprint density at radius 3 is 2.30 bits per heavy atom. The minimum Gasteiger partial charge on any atom is -0.507 e. The molecule has 0 saturated heterocycles. The number of aromatic nitrogens is 2. The molecule has 150 valence electrons. The second-order valence-electron chi connectivity index (χ2n) is 6.85. The highest BCUT2D eigenvalue weighted by Gasteiger charge is 2.14. The summed E-state index contributed by atoms with van der Waals surface area (Å²) in [5.41, 5.74) is 4.74. The predicted octanol–water partition coefficient (Wildman–Crippen LogP) is 5.10. The number of phenols is 1. The summed E-state index contributed by atoms with van der Waals surface area (Å²) in [6.07, 6.45) is 1.67. The Kier molecular flexibility index (Phi) is 5.59. The molecule has 4 aromatic rings. The quantitative estimate of drug-likeness (QED) is 0.354. The van der Waals surface area contributed by atoms with Crippen LogP contribution in [-0.4, -0.2) is 20.7 Å². The van der Waals surface area contributed by atoms with E-state index in [4.69, 9.17) is 9.98 Å². The molecule has 0 aliphatic heterocycles. The van der Waals surface area contributed by atoms with Crippen molar-refractivity contribution in [2.24, 2.45) is 17.0 Å². The van der Waals surface area contributed by atoms with Crippen LogP contribution in [0.3, 0.4) is 0 Å². The number of aliphatic imine (C=N–C) groups is 1. The topological polar surface area (TPSA) is 54.8 Å². The van der Waals surface area contributed by atoms with Gasteiger partial charge in [0.15, 0.2) is 5.49 Å². The first kappa shape index (κ1) is 19.8. The first-order valence-electron chi connectivity index (χ1n) is 9.55. The molecule has 1 heterocycles. The Bertz CT molecular complexity index is 1290. The van der Waals surface area contributed by atoms with Gasteiger partial charge in [0.05, 0.1) is 17.1 Å². The molecule has 0 radical (unpaired) electrons. The fraction of sp³-hybridized carbons (Fsp3) is 0.0833. The summed E-state index contributed by atoms with van der Waals surface area (Å²) in [5.74, 6) is 0.185. The van der Waals surface area contributed by atoms with E-state index in [1.807, 2.05) is 90.1 Å². The number of para-hydroxylation sites is 3. The number of hydrogen-bond donors (Lipinski definition) is 2. The van der Waals surface area contributed by atoms with Gasteiger partial charge in [0.2, 0.25) is 0 Å². The van der Waals surface area contributed by atoms with E-state index in [2.05, 4.69) is 12.6 Å². The van der Waals surface area contributed by atoms with Crippen LogP contribution in [0.5, 0.6) is 5.75 Å². The van der Waals surface area contributed by atoms with Crippen LogP contribution in [0.4, 0.5) is 11.4 Å². The molecule has 0 amide bonds. The van der Waals surface area contributed by atoms with Crippen LogP contribution in [0.2, 0.25) is 0 Å². The lowest BCUT2D eigenvalue weighted by Crippen LogP contribution is -2.20. The summed E-state index contributed by atoms with van der Waals surface area (Å²) in [4.78, 5) is 10.4. The zero-order valence-electron chi connectivity index (χ0n) is 16.8. The van der Waals surface area contributed by atoms with Crippen LogP contribution < -0.4 is 5.49 Å². The highest BCUT2D eigenvalue weighted by molar-refractivity contribution is 7.80. The lowest BCUT2D eigenvalue weighted by molar-refractivity contribution is 0.474. The van der Waals surface area contributed by atoms with Crippen molar-refractivity contribution >= 4 is 30.2 Å². The van der Waals surface area contributed by atoms with Gasteiger partial charge in [-0.3, -0.25) is 9.67 Å². The molecule has 5 nitrogen and oxygen atoms in total. The van der Waals surface area contributed by atoms with Crippen LogP contribution in [0.15, 0.2) is 93.7 Å². The van der Waals surface area contributed by atoms with Gasteiger partial charge in [-0.2, -0.15) is 0 Å². The van der Waals surface area contributed by atoms with Crippen molar-refractivity contribution in [1.82, 2.24) is 9.36 Å². The Balaban J connectivity index is 1.99. The SMILES string of the molecule is Cc1c(N=Cc2ccccc2O)c(=Nc2ccccc2S)n(-c2ccccc2)n1C. The predicted molar refractivity (Wildman–Crippen MR) is 124 cm³/mol. The number of nitrogens with zero attached hydrogens (tertiary/aromatic N) is 4. The van der Waals surface area contributed by atoms with Crippen LogP contribution in [0.25, 0.3) is 5.69 Å². The minimum atomic E-state index is 0.185. The van der Waals surface area contributed by atoms with Crippen LogP contribution in [-0.2, 0) is 7.05 Å². The Hall–Kier alpha value is -3.51. The second kappa shape index (κ2) is 8.47. The molecule has 0 unspecified atom stereocenters. The Morgan fingerprint density at radius 1 is 0.900 bits per heavy atom. The van der Waals surface area contributed by atoms with E-state index < -0.39 is 0 Å². The van der Waals surface area contributed by atoms with E-state index in [0.29, 0.717) is 11.1 Å². The van der Waals surface area contributed by atoms with E-state index in [-0.39, 0.29) is 5.75 Å². The summed E-state index contributed by atoms with van der Waals surface area (Å²) in [6.45, 7) is 2.00. The van der Waals surface area contributed by atoms with E-state index in [9.17, 15) is 5.11 Å². The number of benzene rings is 3. The minimum absolute atomic E-state index is 0.185. The smallest absolute Gasteiger partial charge is 0.180 e. The van der Waals surface area contributed by atoms with Gasteiger partial charge < -0.3 is 5.11 Å². The highest BCUT2D eigenvalue weighted by atomic mass is 32.1. The van der Waals surface area contributed by atoms with Gasteiger partial charge in [0.1, 0.15) is 11.4 Å². The van der Waals surface area contributed by atoms with Crippen molar-refractivity contribution in [3.8, 4) is 11.4 Å². The maximum absolute atomic E-state index is 10.1. The summed E-state index contributed by atoms with van der Waals surface area (Å²) < 4.78 is 4.04. The largest absolute Gasteiger partial charge is 0.507 e. The average molecular weight is 415 g/mol. The van der Waals surface area contributed by atoms with Crippen molar-refractivity contribution in [3.05, 3.63) is 95.6 Å². The molecule has 0 aliphatic rings. The third-order valence-electron chi connectivity index (χ3n) is 4.92. The first-order chi connectivity index (χ1) is 14.6. The van der Waals surface area contributed by atoms with Crippen LogP contribution in [0, 0.1) is 6.92 Å². The van der Waals surface area contributed by atoms with E-state index in [1.165, 1.54) is 0 Å². The van der Waals surface area contributed by atoms with Crippen LogP contribution >= 0.6 is 12.6 Å². The normalized spacial score (nSPS) is 12.0. The van der Waals surface area contributed by atoms with E-state index in [1.54, 1.807) is 18.3 Å². The highest BCUT2D eigenvalue weighted by Crippen LogP contribution is 2.24. The molecule has 1 N–H and O–H groups in total. The monoisotopic (exact) mass is 414 g/mol. The molecule has 3 aromatic carbocycles. The molecule has 0 aliphatic carbocycles. The average Bonchev–Trinajstić information content (AvgIpc) is 2.99. The van der Waals surface area contributed by atoms with Gasteiger partial charge in [-0.15, -0.1) is 12.6 Å². The van der Waals surface area contributed by atoms with E-state index in [0.717, 1.165) is 27.7 Å². The summed E-state index contributed by atoms with van der Waals surface area (Å²) in [7, 11) is 1.98. The van der Waals surface area contributed by atoms with Crippen molar-refractivity contribution in [2.45, 2.75) is 11.8 Å². The molecule has 0 atom stereocenters. The molecular formula is C24H22N4OS. The molecular weight excluding hydrogens is 392 g/mol. The molecule has 4 rings (SSSR count). The molecule has 0 saturated carbocycles. The van der Waals surface area contributed by atoms with Gasteiger partial charge >= 0.3 is 0 Å². The van der Waals surface area contributed by atoms with Crippen molar-refractivity contribution in [3.63, 3.8) is 0 Å². The fourth-order valence-corrected chi connectivity index (χ4v) is 3.44. The standard InChI is InChI=1S/C24H22N4OS/c1-17-23(25-16-18-10-6-8-14-21(18)29)24(26-20-13-7-9-15-22(20)30)28(27(17)2)19-11-4-3-5-12-19/h3-16,29-30H,1-2H3. The summed E-state index contributed by atoms with van der Waals surface area (Å²) in [5, 5.41) is 10.1. The van der Waals surface area contributed by atoms with E-state index >= 15 is 0 Å². The lowest BCUT2D eigenvalue weighted by atomic mass is 10.2. The zero-order valence-corrected chi connectivity index (χ0v) is 17.7. The zero-order chi connectivity index (χ0) is 21.1. The molecule has 30 heavy (non-hydrogen) atoms. The van der Waals surface area contributed by atoms with Gasteiger partial charge in [-0.05, 0) is 43.3 Å². The van der Waals surface area contributed by atoms with Gasteiger partial charge in [0, 0.05) is 23.7 Å².